The molecule has 1 aliphatic heterocycles. The third-order valence-corrected chi connectivity index (χ3v) is 5.74. The van der Waals surface area contributed by atoms with Crippen molar-refractivity contribution in [2.24, 2.45) is 0 Å². The van der Waals surface area contributed by atoms with Gasteiger partial charge in [0.2, 0.25) is 5.91 Å². The molecular weight excluding hydrogens is 402 g/mol. The molecular formula is C25H23N5O2. The molecule has 7 nitrogen and oxygen atoms in total. The van der Waals surface area contributed by atoms with Crippen LogP contribution in [0.25, 0.3) is 22.3 Å². The third-order valence-electron chi connectivity index (χ3n) is 5.74. The molecule has 0 spiro atoms. The highest BCUT2D eigenvalue weighted by Crippen LogP contribution is 2.30. The van der Waals surface area contributed by atoms with Crippen LogP contribution in [0.3, 0.4) is 0 Å². The SMILES string of the molecule is C=CC(=O)N1CCC[C@@H]1Cn1nc(-c2ccc(Oc3ccccc3)cc2)c2cncnc21. The second kappa shape index (κ2) is 8.63. The predicted octanol–water partition coefficient (Wildman–Crippen LogP) is 4.46. The van der Waals surface area contributed by atoms with Crippen molar-refractivity contribution >= 4 is 16.9 Å². The van der Waals surface area contributed by atoms with Crippen LogP contribution in [0, 0.1) is 0 Å². The average molecular weight is 425 g/mol. The van der Waals surface area contributed by atoms with Gasteiger partial charge in [-0.2, -0.15) is 5.10 Å². The summed E-state index contributed by atoms with van der Waals surface area (Å²) in [6, 6.07) is 17.6. The van der Waals surface area contributed by atoms with Crippen LogP contribution in [0.5, 0.6) is 11.5 Å². The molecule has 1 aliphatic rings. The van der Waals surface area contributed by atoms with Gasteiger partial charge in [0.25, 0.3) is 0 Å². The number of likely N-dealkylation sites (tertiary alicyclic amines) is 1. The number of carbonyl (C=O) groups is 1. The molecule has 1 amide bonds. The topological polar surface area (TPSA) is 73.1 Å². The lowest BCUT2D eigenvalue weighted by Gasteiger charge is -2.23. The first-order chi connectivity index (χ1) is 15.7. The Bertz CT molecular complexity index is 1250. The van der Waals surface area contributed by atoms with Crippen molar-refractivity contribution < 1.29 is 9.53 Å². The summed E-state index contributed by atoms with van der Waals surface area (Å²) in [6.45, 7) is 4.96. The molecule has 0 bridgehead atoms. The highest BCUT2D eigenvalue weighted by Gasteiger charge is 2.28. The van der Waals surface area contributed by atoms with Crippen molar-refractivity contribution in [2.75, 3.05) is 6.54 Å². The molecule has 7 heteroatoms. The van der Waals surface area contributed by atoms with Crippen LogP contribution in [-0.4, -0.2) is 43.1 Å². The van der Waals surface area contributed by atoms with E-state index in [1.165, 1.54) is 12.4 Å². The maximum atomic E-state index is 12.2. The maximum Gasteiger partial charge on any atom is 0.246 e. The summed E-state index contributed by atoms with van der Waals surface area (Å²) >= 11 is 0. The van der Waals surface area contributed by atoms with Crippen LogP contribution in [0.1, 0.15) is 12.8 Å². The van der Waals surface area contributed by atoms with E-state index < -0.39 is 0 Å². The van der Waals surface area contributed by atoms with Crippen molar-refractivity contribution in [3.8, 4) is 22.8 Å². The molecule has 1 atom stereocenters. The van der Waals surface area contributed by atoms with E-state index in [2.05, 4.69) is 16.5 Å². The van der Waals surface area contributed by atoms with Gasteiger partial charge >= 0.3 is 0 Å². The van der Waals surface area contributed by atoms with Crippen molar-refractivity contribution in [1.29, 1.82) is 0 Å². The van der Waals surface area contributed by atoms with Gasteiger partial charge in [-0.25, -0.2) is 14.6 Å². The van der Waals surface area contributed by atoms with Gasteiger partial charge in [-0.05, 0) is 55.3 Å². The lowest BCUT2D eigenvalue weighted by Crippen LogP contribution is -2.37. The van der Waals surface area contributed by atoms with Crippen molar-refractivity contribution in [2.45, 2.75) is 25.4 Å². The van der Waals surface area contributed by atoms with Gasteiger partial charge in [-0.3, -0.25) is 4.79 Å². The van der Waals surface area contributed by atoms with Crippen molar-refractivity contribution in [3.63, 3.8) is 0 Å². The van der Waals surface area contributed by atoms with E-state index in [9.17, 15) is 4.79 Å². The summed E-state index contributed by atoms with van der Waals surface area (Å²) < 4.78 is 7.79. The normalized spacial score (nSPS) is 15.8. The highest BCUT2D eigenvalue weighted by molar-refractivity contribution is 5.90. The van der Waals surface area contributed by atoms with Crippen LogP contribution in [0.2, 0.25) is 0 Å². The Morgan fingerprint density at radius 3 is 2.69 bits per heavy atom. The number of carbonyl (C=O) groups excluding carboxylic acids is 1. The number of hydrogen-bond donors (Lipinski definition) is 0. The molecule has 1 fully saturated rings. The van der Waals surface area contributed by atoms with E-state index in [-0.39, 0.29) is 11.9 Å². The highest BCUT2D eigenvalue weighted by atomic mass is 16.5. The fraction of sp³-hybridized carbons (Fsp3) is 0.200. The second-order valence-electron chi connectivity index (χ2n) is 7.76. The Hall–Kier alpha value is -4.00. The molecule has 0 N–H and O–H groups in total. The van der Waals surface area contributed by atoms with Gasteiger partial charge in [-0.15, -0.1) is 0 Å². The number of fused-ring (bicyclic) bond motifs is 1. The zero-order valence-electron chi connectivity index (χ0n) is 17.6. The molecule has 0 saturated carbocycles. The molecule has 2 aromatic heterocycles. The lowest BCUT2D eigenvalue weighted by molar-refractivity contribution is -0.127. The van der Waals surface area contributed by atoms with E-state index in [1.54, 1.807) is 6.20 Å². The minimum absolute atomic E-state index is 0.0344. The van der Waals surface area contributed by atoms with Gasteiger partial charge in [0, 0.05) is 18.3 Å². The van der Waals surface area contributed by atoms with Gasteiger partial charge in [0.05, 0.1) is 18.0 Å². The zero-order chi connectivity index (χ0) is 21.9. The first kappa shape index (κ1) is 19.9. The zero-order valence-corrected chi connectivity index (χ0v) is 17.6. The molecule has 0 radical (unpaired) electrons. The first-order valence-electron chi connectivity index (χ1n) is 10.7. The summed E-state index contributed by atoms with van der Waals surface area (Å²) in [4.78, 5) is 22.8. The summed E-state index contributed by atoms with van der Waals surface area (Å²) in [5.41, 5.74) is 2.53. The smallest absolute Gasteiger partial charge is 0.246 e. The van der Waals surface area contributed by atoms with Crippen LogP contribution >= 0.6 is 0 Å². The summed E-state index contributed by atoms with van der Waals surface area (Å²) in [6.07, 6.45) is 6.62. The van der Waals surface area contributed by atoms with Crippen LogP contribution < -0.4 is 4.74 Å². The number of amides is 1. The summed E-state index contributed by atoms with van der Waals surface area (Å²) in [5.74, 6) is 1.51. The van der Waals surface area contributed by atoms with Crippen LogP contribution in [-0.2, 0) is 11.3 Å². The molecule has 4 aromatic rings. The molecule has 0 aliphatic carbocycles. The Labute approximate surface area is 186 Å². The number of hydrogen-bond acceptors (Lipinski definition) is 5. The van der Waals surface area contributed by atoms with Gasteiger partial charge < -0.3 is 9.64 Å². The van der Waals surface area contributed by atoms with Crippen molar-refractivity contribution in [1.82, 2.24) is 24.6 Å². The monoisotopic (exact) mass is 425 g/mol. The first-order valence-corrected chi connectivity index (χ1v) is 10.7. The third kappa shape index (κ3) is 3.85. The fourth-order valence-electron chi connectivity index (χ4n) is 4.20. The lowest BCUT2D eigenvalue weighted by atomic mass is 10.1. The molecule has 0 unspecified atom stereocenters. The second-order valence-corrected chi connectivity index (χ2v) is 7.76. The number of ether oxygens (including phenoxy) is 1. The van der Waals surface area contributed by atoms with Crippen LogP contribution in [0.15, 0.2) is 79.8 Å². The Kier molecular flexibility index (Phi) is 5.37. The van der Waals surface area contributed by atoms with Gasteiger partial charge in [-0.1, -0.05) is 24.8 Å². The van der Waals surface area contributed by atoms with Crippen molar-refractivity contribution in [3.05, 3.63) is 79.8 Å². The molecule has 2 aromatic carbocycles. The number of nitrogens with zero attached hydrogens (tertiary/aromatic N) is 5. The minimum atomic E-state index is -0.0344. The number of aromatic nitrogens is 4. The fourth-order valence-corrected chi connectivity index (χ4v) is 4.20. The maximum absolute atomic E-state index is 12.2. The number of benzene rings is 2. The van der Waals surface area contributed by atoms with E-state index >= 15 is 0 Å². The number of para-hydroxylation sites is 1. The Balaban J connectivity index is 1.44. The molecule has 32 heavy (non-hydrogen) atoms. The largest absolute Gasteiger partial charge is 0.457 e. The minimum Gasteiger partial charge on any atom is -0.457 e. The van der Waals surface area contributed by atoms with Gasteiger partial charge in [0.1, 0.15) is 23.5 Å². The predicted molar refractivity (Wildman–Crippen MR) is 122 cm³/mol. The Morgan fingerprint density at radius 1 is 1.12 bits per heavy atom. The average Bonchev–Trinajstić information content (AvgIpc) is 3.45. The van der Waals surface area contributed by atoms with E-state index in [1.807, 2.05) is 64.2 Å². The molecule has 5 rings (SSSR count). The molecule has 1 saturated heterocycles. The quantitative estimate of drug-likeness (QED) is 0.427. The van der Waals surface area contributed by atoms with E-state index in [0.29, 0.717) is 6.54 Å². The molecule has 3 heterocycles. The van der Waals surface area contributed by atoms with E-state index in [0.717, 1.165) is 53.2 Å². The summed E-state index contributed by atoms with van der Waals surface area (Å²) in [7, 11) is 0. The summed E-state index contributed by atoms with van der Waals surface area (Å²) in [5, 5.41) is 5.74. The van der Waals surface area contributed by atoms with E-state index in [4.69, 9.17) is 9.84 Å². The van der Waals surface area contributed by atoms with Crippen LogP contribution in [0.4, 0.5) is 0 Å². The van der Waals surface area contributed by atoms with Gasteiger partial charge in [0.15, 0.2) is 5.65 Å². The number of rotatable bonds is 6. The molecule has 160 valence electrons. The standard InChI is InChI=1S/C25H23N5O2/c1-2-23(31)29-14-6-7-19(29)16-30-25-22(15-26-17-27-25)24(28-30)18-10-12-21(13-11-18)32-20-8-4-3-5-9-20/h2-5,8-13,15,17,19H,1,6-7,14,16H2/t19-/m1/s1. The Morgan fingerprint density at radius 2 is 1.91 bits per heavy atom.